The first-order valence-electron chi connectivity index (χ1n) is 7.45. The SMILES string of the molecule is CCOCCCC(=O)N1CCC(OCCCN)CC1. The van der Waals surface area contributed by atoms with Crippen LogP contribution in [-0.2, 0) is 14.3 Å². The third-order valence-electron chi connectivity index (χ3n) is 3.38. The van der Waals surface area contributed by atoms with Crippen LogP contribution in [0, 0.1) is 0 Å². The van der Waals surface area contributed by atoms with Gasteiger partial charge in [-0.15, -0.1) is 0 Å². The van der Waals surface area contributed by atoms with E-state index in [1.165, 1.54) is 0 Å². The molecule has 0 bridgehead atoms. The molecule has 1 rings (SSSR count). The van der Waals surface area contributed by atoms with Gasteiger partial charge in [-0.05, 0) is 39.2 Å². The monoisotopic (exact) mass is 272 g/mol. The minimum atomic E-state index is 0.250. The van der Waals surface area contributed by atoms with Crippen molar-refractivity contribution in [3.63, 3.8) is 0 Å². The lowest BCUT2D eigenvalue weighted by Crippen LogP contribution is -2.41. The minimum absolute atomic E-state index is 0.250. The number of piperidine rings is 1. The zero-order chi connectivity index (χ0) is 13.9. The van der Waals surface area contributed by atoms with Gasteiger partial charge in [-0.3, -0.25) is 4.79 Å². The Morgan fingerprint density at radius 1 is 1.26 bits per heavy atom. The molecule has 0 spiro atoms. The van der Waals surface area contributed by atoms with Gasteiger partial charge >= 0.3 is 0 Å². The summed E-state index contributed by atoms with van der Waals surface area (Å²) in [6.45, 7) is 6.43. The van der Waals surface area contributed by atoms with E-state index in [0.717, 1.165) is 52.0 Å². The molecule has 19 heavy (non-hydrogen) atoms. The molecule has 5 heteroatoms. The quantitative estimate of drug-likeness (QED) is 0.640. The summed E-state index contributed by atoms with van der Waals surface area (Å²) in [4.78, 5) is 13.9. The van der Waals surface area contributed by atoms with Gasteiger partial charge in [0, 0.05) is 39.3 Å². The molecular formula is C14H28N2O3. The molecule has 1 heterocycles. The Labute approximate surface area is 116 Å². The summed E-state index contributed by atoms with van der Waals surface area (Å²) in [5.74, 6) is 0.250. The molecule has 112 valence electrons. The van der Waals surface area contributed by atoms with Gasteiger partial charge in [0.15, 0.2) is 0 Å². The maximum absolute atomic E-state index is 11.9. The average molecular weight is 272 g/mol. The van der Waals surface area contributed by atoms with Gasteiger partial charge in [0.1, 0.15) is 0 Å². The zero-order valence-corrected chi connectivity index (χ0v) is 12.1. The van der Waals surface area contributed by atoms with Crippen molar-refractivity contribution in [3.8, 4) is 0 Å². The summed E-state index contributed by atoms with van der Waals surface area (Å²) in [5, 5.41) is 0. The molecule has 2 N–H and O–H groups in total. The van der Waals surface area contributed by atoms with Crippen molar-refractivity contribution < 1.29 is 14.3 Å². The molecule has 5 nitrogen and oxygen atoms in total. The topological polar surface area (TPSA) is 64.8 Å². The van der Waals surface area contributed by atoms with Crippen molar-refractivity contribution in [1.29, 1.82) is 0 Å². The van der Waals surface area contributed by atoms with Crippen LogP contribution in [0.15, 0.2) is 0 Å². The van der Waals surface area contributed by atoms with Crippen LogP contribution >= 0.6 is 0 Å². The smallest absolute Gasteiger partial charge is 0.222 e. The summed E-state index contributed by atoms with van der Waals surface area (Å²) in [7, 11) is 0. The summed E-state index contributed by atoms with van der Waals surface area (Å²) < 4.78 is 11.0. The first kappa shape index (κ1) is 16.4. The second-order valence-electron chi connectivity index (χ2n) is 4.89. The van der Waals surface area contributed by atoms with Gasteiger partial charge in [0.05, 0.1) is 6.10 Å². The fourth-order valence-electron chi connectivity index (χ4n) is 2.23. The molecule has 0 unspecified atom stereocenters. The Morgan fingerprint density at radius 3 is 2.63 bits per heavy atom. The van der Waals surface area contributed by atoms with Gasteiger partial charge in [-0.1, -0.05) is 0 Å². The predicted molar refractivity (Wildman–Crippen MR) is 75.0 cm³/mol. The fraction of sp³-hybridized carbons (Fsp3) is 0.929. The van der Waals surface area contributed by atoms with Crippen molar-refractivity contribution in [2.24, 2.45) is 5.73 Å². The molecular weight excluding hydrogens is 244 g/mol. The van der Waals surface area contributed by atoms with Crippen LogP contribution in [0.3, 0.4) is 0 Å². The van der Waals surface area contributed by atoms with Crippen molar-refractivity contribution >= 4 is 5.91 Å². The van der Waals surface area contributed by atoms with Gasteiger partial charge in [-0.2, -0.15) is 0 Å². The van der Waals surface area contributed by atoms with Crippen LogP contribution in [0.1, 0.15) is 39.0 Å². The Hall–Kier alpha value is -0.650. The summed E-state index contributed by atoms with van der Waals surface area (Å²) in [6, 6.07) is 0. The van der Waals surface area contributed by atoms with Gasteiger partial charge < -0.3 is 20.1 Å². The van der Waals surface area contributed by atoms with Crippen LogP contribution in [0.25, 0.3) is 0 Å². The predicted octanol–water partition coefficient (Wildman–Crippen LogP) is 1.16. The average Bonchev–Trinajstić information content (AvgIpc) is 2.44. The van der Waals surface area contributed by atoms with Crippen LogP contribution < -0.4 is 5.73 Å². The lowest BCUT2D eigenvalue weighted by molar-refractivity contribution is -0.134. The largest absolute Gasteiger partial charge is 0.382 e. The Kier molecular flexibility index (Phi) is 8.79. The zero-order valence-electron chi connectivity index (χ0n) is 12.1. The highest BCUT2D eigenvalue weighted by Crippen LogP contribution is 2.15. The van der Waals surface area contributed by atoms with Crippen LogP contribution in [0.5, 0.6) is 0 Å². The lowest BCUT2D eigenvalue weighted by atomic mass is 10.1. The maximum atomic E-state index is 11.9. The molecule has 1 saturated heterocycles. The van der Waals surface area contributed by atoms with Crippen LogP contribution in [0.4, 0.5) is 0 Å². The summed E-state index contributed by atoms with van der Waals surface area (Å²) in [6.07, 6.45) is 4.53. The first-order chi connectivity index (χ1) is 9.27. The van der Waals surface area contributed by atoms with E-state index in [9.17, 15) is 4.79 Å². The van der Waals surface area contributed by atoms with Crippen LogP contribution in [-0.4, -0.2) is 56.4 Å². The number of ether oxygens (including phenoxy) is 2. The maximum Gasteiger partial charge on any atom is 0.222 e. The van der Waals surface area contributed by atoms with Crippen molar-refractivity contribution in [2.75, 3.05) is 39.5 Å². The number of rotatable bonds is 9. The van der Waals surface area contributed by atoms with E-state index in [4.69, 9.17) is 15.2 Å². The van der Waals surface area contributed by atoms with Crippen molar-refractivity contribution in [3.05, 3.63) is 0 Å². The van der Waals surface area contributed by atoms with Gasteiger partial charge in [0.2, 0.25) is 5.91 Å². The number of hydrogen-bond donors (Lipinski definition) is 1. The van der Waals surface area contributed by atoms with Gasteiger partial charge in [0.25, 0.3) is 0 Å². The molecule has 0 aromatic heterocycles. The standard InChI is InChI=1S/C14H28N2O3/c1-2-18-11-3-5-14(17)16-9-6-13(7-10-16)19-12-4-8-15/h13H,2-12,15H2,1H3. The molecule has 0 atom stereocenters. The number of likely N-dealkylation sites (tertiary alicyclic amines) is 1. The molecule has 1 aliphatic rings. The number of nitrogens with two attached hydrogens (primary N) is 1. The number of nitrogens with zero attached hydrogens (tertiary/aromatic N) is 1. The number of amides is 1. The molecule has 0 radical (unpaired) electrons. The summed E-state index contributed by atoms with van der Waals surface area (Å²) >= 11 is 0. The number of carbonyl (C=O) groups excluding carboxylic acids is 1. The third-order valence-corrected chi connectivity index (χ3v) is 3.38. The molecule has 1 fully saturated rings. The van der Waals surface area contributed by atoms with Crippen LogP contribution in [0.2, 0.25) is 0 Å². The van der Waals surface area contributed by atoms with E-state index in [2.05, 4.69) is 0 Å². The Morgan fingerprint density at radius 2 is 2.00 bits per heavy atom. The van der Waals surface area contributed by atoms with E-state index < -0.39 is 0 Å². The lowest BCUT2D eigenvalue weighted by Gasteiger charge is -2.32. The molecule has 0 aromatic carbocycles. The fourth-order valence-corrected chi connectivity index (χ4v) is 2.23. The number of carbonyl (C=O) groups is 1. The molecule has 0 saturated carbocycles. The van der Waals surface area contributed by atoms with E-state index in [-0.39, 0.29) is 5.91 Å². The van der Waals surface area contributed by atoms with E-state index in [0.29, 0.717) is 25.7 Å². The van der Waals surface area contributed by atoms with Crippen molar-refractivity contribution in [2.45, 2.75) is 45.1 Å². The van der Waals surface area contributed by atoms with Gasteiger partial charge in [-0.25, -0.2) is 0 Å². The van der Waals surface area contributed by atoms with Crippen molar-refractivity contribution in [1.82, 2.24) is 4.90 Å². The highest BCUT2D eigenvalue weighted by Gasteiger charge is 2.22. The van der Waals surface area contributed by atoms with E-state index >= 15 is 0 Å². The minimum Gasteiger partial charge on any atom is -0.382 e. The molecule has 0 aromatic rings. The molecule has 1 aliphatic heterocycles. The first-order valence-corrected chi connectivity index (χ1v) is 7.45. The third kappa shape index (κ3) is 6.89. The van der Waals surface area contributed by atoms with E-state index in [1.807, 2.05) is 11.8 Å². The second-order valence-corrected chi connectivity index (χ2v) is 4.89. The Balaban J connectivity index is 2.09. The summed E-state index contributed by atoms with van der Waals surface area (Å²) in [5.41, 5.74) is 5.43. The Bertz CT molecular complexity index is 241. The molecule has 0 aliphatic carbocycles. The normalized spacial score (nSPS) is 16.8. The second kappa shape index (κ2) is 10.2. The highest BCUT2D eigenvalue weighted by molar-refractivity contribution is 5.76. The molecule has 1 amide bonds. The van der Waals surface area contributed by atoms with E-state index in [1.54, 1.807) is 0 Å². The number of hydrogen-bond acceptors (Lipinski definition) is 4. The highest BCUT2D eigenvalue weighted by atomic mass is 16.5.